The van der Waals surface area contributed by atoms with Crippen LogP contribution in [0.15, 0.2) is 79.1 Å². The number of hydrogen-bond donors (Lipinski definition) is 0. The highest BCUT2D eigenvalue weighted by atomic mass is 16.6. The SMILES string of the molecule is CCOc1cccc(N2C[C@@]3(CCC[C@](COCc4ccccc4)(Cn4cnc5ccc(C#N)cc54)C3)OC2=O)c1. The first-order chi connectivity index (χ1) is 20.0. The summed E-state index contributed by atoms with van der Waals surface area (Å²) in [7, 11) is 0. The minimum Gasteiger partial charge on any atom is -0.494 e. The maximum absolute atomic E-state index is 13.3. The number of rotatable bonds is 9. The molecule has 210 valence electrons. The van der Waals surface area contributed by atoms with E-state index < -0.39 is 5.60 Å². The molecule has 8 nitrogen and oxygen atoms in total. The Hall–Kier alpha value is -4.35. The zero-order valence-corrected chi connectivity index (χ0v) is 23.3. The van der Waals surface area contributed by atoms with Gasteiger partial charge in [0.25, 0.3) is 0 Å². The molecule has 0 unspecified atom stereocenters. The molecule has 41 heavy (non-hydrogen) atoms. The number of anilines is 1. The van der Waals surface area contributed by atoms with Crippen molar-refractivity contribution in [3.8, 4) is 11.8 Å². The number of carbonyl (C=O) groups is 1. The predicted molar refractivity (Wildman–Crippen MR) is 156 cm³/mol. The average Bonchev–Trinajstić information content (AvgIpc) is 3.53. The van der Waals surface area contributed by atoms with E-state index in [1.807, 2.05) is 67.8 Å². The molecule has 1 aliphatic carbocycles. The van der Waals surface area contributed by atoms with Crippen LogP contribution >= 0.6 is 0 Å². The summed E-state index contributed by atoms with van der Waals surface area (Å²) >= 11 is 0. The van der Waals surface area contributed by atoms with Crippen LogP contribution in [0.1, 0.15) is 43.7 Å². The van der Waals surface area contributed by atoms with Crippen molar-refractivity contribution in [3.05, 3.63) is 90.3 Å². The molecular weight excluding hydrogens is 516 g/mol. The van der Waals surface area contributed by atoms with Crippen LogP contribution in [0.2, 0.25) is 0 Å². The van der Waals surface area contributed by atoms with Crippen molar-refractivity contribution in [2.45, 2.75) is 51.4 Å². The van der Waals surface area contributed by atoms with Crippen LogP contribution in [-0.2, 0) is 22.6 Å². The van der Waals surface area contributed by atoms with E-state index in [9.17, 15) is 10.1 Å². The lowest BCUT2D eigenvalue weighted by molar-refractivity contribution is -0.0726. The molecule has 1 aromatic heterocycles. The third-order valence-electron chi connectivity index (χ3n) is 8.22. The molecule has 4 aromatic rings. The summed E-state index contributed by atoms with van der Waals surface area (Å²) in [6.45, 7) is 4.64. The lowest BCUT2D eigenvalue weighted by atomic mass is 9.67. The van der Waals surface area contributed by atoms with E-state index in [4.69, 9.17) is 14.2 Å². The molecule has 6 rings (SSSR count). The lowest BCUT2D eigenvalue weighted by Gasteiger charge is -2.45. The number of nitriles is 1. The molecule has 2 aliphatic rings. The number of carbonyl (C=O) groups excluding carboxylic acids is 1. The van der Waals surface area contributed by atoms with Crippen LogP contribution < -0.4 is 9.64 Å². The Morgan fingerprint density at radius 2 is 1.95 bits per heavy atom. The Balaban J connectivity index is 1.29. The zero-order valence-electron chi connectivity index (χ0n) is 23.3. The second-order valence-electron chi connectivity index (χ2n) is 11.3. The number of amides is 1. The van der Waals surface area contributed by atoms with Crippen LogP contribution in [0.4, 0.5) is 10.5 Å². The molecule has 1 saturated carbocycles. The number of benzene rings is 3. The summed E-state index contributed by atoms with van der Waals surface area (Å²) in [5.41, 5.74) is 3.34. The van der Waals surface area contributed by atoms with Gasteiger partial charge in [0.15, 0.2) is 0 Å². The molecule has 2 fully saturated rings. The topological polar surface area (TPSA) is 89.6 Å². The first-order valence-electron chi connectivity index (χ1n) is 14.2. The molecule has 1 spiro atoms. The van der Waals surface area contributed by atoms with Gasteiger partial charge in [0.1, 0.15) is 11.4 Å². The number of aromatic nitrogens is 2. The van der Waals surface area contributed by atoms with Crippen molar-refractivity contribution in [1.82, 2.24) is 9.55 Å². The Morgan fingerprint density at radius 3 is 2.78 bits per heavy atom. The molecular formula is C33H34N4O4. The molecule has 0 N–H and O–H groups in total. The van der Waals surface area contributed by atoms with Crippen molar-refractivity contribution in [2.24, 2.45) is 5.41 Å². The van der Waals surface area contributed by atoms with Crippen LogP contribution in [0.3, 0.4) is 0 Å². The third-order valence-corrected chi connectivity index (χ3v) is 8.22. The predicted octanol–water partition coefficient (Wildman–Crippen LogP) is 6.48. The van der Waals surface area contributed by atoms with Gasteiger partial charge in [-0.15, -0.1) is 0 Å². The highest BCUT2D eigenvalue weighted by molar-refractivity contribution is 5.90. The Morgan fingerprint density at radius 1 is 1.07 bits per heavy atom. The molecule has 0 radical (unpaired) electrons. The maximum atomic E-state index is 13.3. The Kier molecular flexibility index (Phi) is 7.38. The van der Waals surface area contributed by atoms with Crippen molar-refractivity contribution >= 4 is 22.8 Å². The smallest absolute Gasteiger partial charge is 0.415 e. The highest BCUT2D eigenvalue weighted by Gasteiger charge is 2.53. The second kappa shape index (κ2) is 11.3. The van der Waals surface area contributed by atoms with Crippen LogP contribution in [0.5, 0.6) is 5.75 Å². The van der Waals surface area contributed by atoms with Gasteiger partial charge in [-0.2, -0.15) is 5.26 Å². The summed E-state index contributed by atoms with van der Waals surface area (Å²) in [5.74, 6) is 0.731. The van der Waals surface area contributed by atoms with E-state index in [1.54, 1.807) is 11.0 Å². The Labute approximate surface area is 240 Å². The van der Waals surface area contributed by atoms with Crippen LogP contribution in [0.25, 0.3) is 11.0 Å². The van der Waals surface area contributed by atoms with Gasteiger partial charge in [0.2, 0.25) is 0 Å². The third kappa shape index (κ3) is 5.63. The van der Waals surface area contributed by atoms with Crippen molar-refractivity contribution < 1.29 is 19.0 Å². The van der Waals surface area contributed by atoms with E-state index in [0.29, 0.717) is 44.9 Å². The second-order valence-corrected chi connectivity index (χ2v) is 11.3. The fourth-order valence-corrected chi connectivity index (χ4v) is 6.47. The van der Waals surface area contributed by atoms with E-state index in [2.05, 4.69) is 27.8 Å². The minimum atomic E-state index is -0.624. The summed E-state index contributed by atoms with van der Waals surface area (Å²) < 4.78 is 20.4. The van der Waals surface area contributed by atoms with Gasteiger partial charge >= 0.3 is 6.09 Å². The highest BCUT2D eigenvalue weighted by Crippen LogP contribution is 2.48. The molecule has 8 heteroatoms. The van der Waals surface area contributed by atoms with Crippen LogP contribution in [-0.4, -0.2) is 41.0 Å². The average molecular weight is 551 g/mol. The fraction of sp³-hybridized carbons (Fsp3) is 0.364. The van der Waals surface area contributed by atoms with Gasteiger partial charge in [-0.25, -0.2) is 9.78 Å². The lowest BCUT2D eigenvalue weighted by Crippen LogP contribution is -2.48. The number of nitrogens with zero attached hydrogens (tertiary/aromatic N) is 4. The summed E-state index contributed by atoms with van der Waals surface area (Å²) in [5, 5.41) is 9.49. The first kappa shape index (κ1) is 26.9. The standard InChI is InChI=1S/C33H34N4O4/c1-2-40-28-11-6-10-27(17-28)37-22-33(41-31(37)38)15-7-14-32(20-33,23-39-19-25-8-4-3-5-9-25)21-36-24-35-29-13-12-26(18-34)16-30(29)36/h3-6,8-13,16-17,24H,2,7,14-15,19-23H2,1H3/t32-,33+/m1/s1. The zero-order chi connectivity index (χ0) is 28.3. The minimum absolute atomic E-state index is 0.299. The van der Waals surface area contributed by atoms with Gasteiger partial charge in [-0.1, -0.05) is 36.4 Å². The van der Waals surface area contributed by atoms with Crippen molar-refractivity contribution in [3.63, 3.8) is 0 Å². The molecule has 0 bridgehead atoms. The number of hydrogen-bond acceptors (Lipinski definition) is 6. The molecule has 1 saturated heterocycles. The largest absolute Gasteiger partial charge is 0.494 e. The monoisotopic (exact) mass is 550 g/mol. The Bertz CT molecular complexity index is 1580. The van der Waals surface area contributed by atoms with Gasteiger partial charge in [-0.3, -0.25) is 4.90 Å². The number of fused-ring (bicyclic) bond motifs is 1. The first-order valence-corrected chi connectivity index (χ1v) is 14.2. The normalized spacial score (nSPS) is 22.1. The fourth-order valence-electron chi connectivity index (χ4n) is 6.47. The summed E-state index contributed by atoms with van der Waals surface area (Å²) in [6.07, 6.45) is 4.82. The van der Waals surface area contributed by atoms with Gasteiger partial charge in [0.05, 0.1) is 61.0 Å². The molecule has 2 atom stereocenters. The summed E-state index contributed by atoms with van der Waals surface area (Å²) in [6, 6.07) is 25.6. The number of ether oxygens (including phenoxy) is 3. The van der Waals surface area contributed by atoms with E-state index >= 15 is 0 Å². The molecule has 1 aliphatic heterocycles. The molecule has 3 aromatic carbocycles. The van der Waals surface area contributed by atoms with Gasteiger partial charge in [0, 0.05) is 18.0 Å². The van der Waals surface area contributed by atoms with E-state index in [1.165, 1.54) is 0 Å². The maximum Gasteiger partial charge on any atom is 0.415 e. The van der Waals surface area contributed by atoms with Crippen molar-refractivity contribution in [2.75, 3.05) is 24.7 Å². The number of imidazole rings is 1. The summed E-state index contributed by atoms with van der Waals surface area (Å²) in [4.78, 5) is 19.6. The van der Waals surface area contributed by atoms with E-state index in [-0.39, 0.29) is 11.5 Å². The van der Waals surface area contributed by atoms with Gasteiger partial charge in [-0.05, 0) is 68.5 Å². The van der Waals surface area contributed by atoms with Gasteiger partial charge < -0.3 is 18.8 Å². The van der Waals surface area contributed by atoms with E-state index in [0.717, 1.165) is 47.3 Å². The molecule has 2 heterocycles. The molecule has 1 amide bonds. The quantitative estimate of drug-likeness (QED) is 0.237. The van der Waals surface area contributed by atoms with Crippen LogP contribution in [0, 0.1) is 16.7 Å². The van der Waals surface area contributed by atoms with Crippen molar-refractivity contribution in [1.29, 1.82) is 5.26 Å².